The zero-order chi connectivity index (χ0) is 16.4. The summed E-state index contributed by atoms with van der Waals surface area (Å²) >= 11 is 0.296. The molecular formula is C17H14F2N2OS. The van der Waals surface area contributed by atoms with Crippen molar-refractivity contribution in [2.75, 3.05) is 0 Å². The van der Waals surface area contributed by atoms with Crippen LogP contribution in [0.5, 0.6) is 0 Å². The Morgan fingerprint density at radius 3 is 2.39 bits per heavy atom. The number of rotatable bonds is 4. The van der Waals surface area contributed by atoms with Crippen LogP contribution in [-0.2, 0) is 0 Å². The van der Waals surface area contributed by atoms with Crippen molar-refractivity contribution in [3.8, 4) is 0 Å². The van der Waals surface area contributed by atoms with Gasteiger partial charge in [0.05, 0.1) is 16.9 Å². The summed E-state index contributed by atoms with van der Waals surface area (Å²) in [6.45, 7) is 1.81. The average Bonchev–Trinajstić information content (AvgIpc) is 2.55. The van der Waals surface area contributed by atoms with Gasteiger partial charge in [0, 0.05) is 0 Å². The zero-order valence-corrected chi connectivity index (χ0v) is 13.1. The Morgan fingerprint density at radius 1 is 1.04 bits per heavy atom. The van der Waals surface area contributed by atoms with Crippen molar-refractivity contribution in [3.05, 3.63) is 70.5 Å². The molecule has 0 saturated heterocycles. The van der Waals surface area contributed by atoms with Gasteiger partial charge in [-0.05, 0) is 36.4 Å². The van der Waals surface area contributed by atoms with Crippen LogP contribution in [0.1, 0.15) is 18.5 Å². The van der Waals surface area contributed by atoms with Gasteiger partial charge < -0.3 is 0 Å². The van der Waals surface area contributed by atoms with Gasteiger partial charge in [0.25, 0.3) is 11.3 Å². The molecule has 1 heterocycles. The quantitative estimate of drug-likeness (QED) is 0.527. The minimum absolute atomic E-state index is 0.0278. The lowest BCUT2D eigenvalue weighted by Gasteiger charge is -2.19. The van der Waals surface area contributed by atoms with Gasteiger partial charge in [-0.15, -0.1) is 0 Å². The third-order valence-electron chi connectivity index (χ3n) is 3.64. The van der Waals surface area contributed by atoms with Crippen molar-refractivity contribution in [1.82, 2.24) is 9.55 Å². The third-order valence-corrected chi connectivity index (χ3v) is 4.32. The summed E-state index contributed by atoms with van der Waals surface area (Å²) in [5, 5.41) is 0.453. The van der Waals surface area contributed by atoms with E-state index in [1.54, 1.807) is 24.3 Å². The number of hydrogen-bond donors (Lipinski definition) is 0. The number of benzene rings is 2. The highest BCUT2D eigenvalue weighted by Crippen LogP contribution is 2.28. The second-order valence-electron chi connectivity index (χ2n) is 5.05. The Labute approximate surface area is 136 Å². The number of halogens is 2. The van der Waals surface area contributed by atoms with Gasteiger partial charge in [-0.3, -0.25) is 9.36 Å². The molecule has 1 aromatic heterocycles. The number of aromatic nitrogens is 2. The molecule has 0 aliphatic heterocycles. The van der Waals surface area contributed by atoms with Crippen molar-refractivity contribution < 1.29 is 8.78 Å². The first-order valence-corrected chi connectivity index (χ1v) is 7.97. The summed E-state index contributed by atoms with van der Waals surface area (Å²) in [4.78, 5) is 17.1. The molecule has 23 heavy (non-hydrogen) atoms. The lowest BCUT2D eigenvalue weighted by atomic mass is 10.1. The van der Waals surface area contributed by atoms with E-state index in [1.807, 2.05) is 37.3 Å². The summed E-state index contributed by atoms with van der Waals surface area (Å²) in [7, 11) is 0. The molecule has 118 valence electrons. The van der Waals surface area contributed by atoms with Crippen LogP contribution < -0.4 is 5.56 Å². The van der Waals surface area contributed by atoms with E-state index < -0.39 is 5.76 Å². The summed E-state index contributed by atoms with van der Waals surface area (Å²) in [5.41, 5.74) is 0.982. The maximum Gasteiger partial charge on any atom is 0.291 e. The molecule has 1 atom stereocenters. The van der Waals surface area contributed by atoms with Gasteiger partial charge in [-0.1, -0.05) is 42.5 Å². The van der Waals surface area contributed by atoms with Crippen LogP contribution in [0.3, 0.4) is 0 Å². The molecule has 0 N–H and O–H groups in total. The van der Waals surface area contributed by atoms with Gasteiger partial charge in [-0.2, -0.15) is 8.78 Å². The molecule has 0 aliphatic carbocycles. The highest BCUT2D eigenvalue weighted by atomic mass is 32.2. The number of para-hydroxylation sites is 1. The van der Waals surface area contributed by atoms with Crippen LogP contribution in [0.25, 0.3) is 10.9 Å². The van der Waals surface area contributed by atoms with Crippen LogP contribution in [0.2, 0.25) is 0 Å². The minimum Gasteiger partial charge on any atom is -0.280 e. The largest absolute Gasteiger partial charge is 0.291 e. The number of thioether (sulfide) groups is 1. The van der Waals surface area contributed by atoms with Crippen LogP contribution >= 0.6 is 11.8 Å². The highest BCUT2D eigenvalue weighted by molar-refractivity contribution is 7.99. The molecule has 3 aromatic rings. The van der Waals surface area contributed by atoms with Gasteiger partial charge in [0.15, 0.2) is 5.16 Å². The Balaban J connectivity index is 2.24. The highest BCUT2D eigenvalue weighted by Gasteiger charge is 2.20. The average molecular weight is 332 g/mol. The van der Waals surface area contributed by atoms with Gasteiger partial charge in [0.1, 0.15) is 0 Å². The first-order chi connectivity index (χ1) is 11.1. The molecule has 0 unspecified atom stereocenters. The second kappa shape index (κ2) is 6.50. The predicted octanol–water partition coefficient (Wildman–Crippen LogP) is 4.32. The summed E-state index contributed by atoms with van der Waals surface area (Å²) in [6, 6.07) is 15.7. The number of hydrogen-bond acceptors (Lipinski definition) is 3. The monoisotopic (exact) mass is 332 g/mol. The molecule has 0 amide bonds. The molecule has 3 rings (SSSR count). The fraction of sp³-hybridized carbons (Fsp3) is 0.176. The van der Waals surface area contributed by atoms with Crippen LogP contribution in [0.4, 0.5) is 8.78 Å². The van der Waals surface area contributed by atoms with E-state index in [-0.39, 0.29) is 16.8 Å². The second-order valence-corrected chi connectivity index (χ2v) is 6.01. The zero-order valence-electron chi connectivity index (χ0n) is 12.3. The van der Waals surface area contributed by atoms with Crippen molar-refractivity contribution in [2.45, 2.75) is 23.9 Å². The van der Waals surface area contributed by atoms with E-state index in [4.69, 9.17) is 0 Å². The SMILES string of the molecule is C[C@@H](c1ccccc1)n1c(SC(F)F)nc2ccccc2c1=O. The van der Waals surface area contributed by atoms with Gasteiger partial charge >= 0.3 is 0 Å². The molecule has 0 radical (unpaired) electrons. The number of fused-ring (bicyclic) bond motifs is 1. The van der Waals surface area contributed by atoms with E-state index in [0.717, 1.165) is 5.56 Å². The predicted molar refractivity (Wildman–Crippen MR) is 88.1 cm³/mol. The lowest BCUT2D eigenvalue weighted by Crippen LogP contribution is -2.27. The van der Waals surface area contributed by atoms with Crippen LogP contribution in [-0.4, -0.2) is 15.3 Å². The van der Waals surface area contributed by atoms with E-state index in [0.29, 0.717) is 22.7 Å². The van der Waals surface area contributed by atoms with E-state index in [9.17, 15) is 13.6 Å². The molecule has 0 bridgehead atoms. The fourth-order valence-corrected chi connectivity index (χ4v) is 3.18. The van der Waals surface area contributed by atoms with Crippen molar-refractivity contribution in [1.29, 1.82) is 0 Å². The lowest BCUT2D eigenvalue weighted by molar-refractivity contribution is 0.251. The Hall–Kier alpha value is -2.21. The van der Waals surface area contributed by atoms with Crippen molar-refractivity contribution in [3.63, 3.8) is 0 Å². The molecule has 0 fully saturated rings. The minimum atomic E-state index is -2.64. The molecule has 3 nitrogen and oxygen atoms in total. The maximum absolute atomic E-state index is 12.9. The smallest absolute Gasteiger partial charge is 0.280 e. The van der Waals surface area contributed by atoms with Crippen LogP contribution in [0, 0.1) is 0 Å². The van der Waals surface area contributed by atoms with E-state index in [1.165, 1.54) is 4.57 Å². The van der Waals surface area contributed by atoms with E-state index >= 15 is 0 Å². The van der Waals surface area contributed by atoms with E-state index in [2.05, 4.69) is 4.98 Å². The normalized spacial score (nSPS) is 12.7. The first kappa shape index (κ1) is 15.7. The van der Waals surface area contributed by atoms with Crippen LogP contribution in [0.15, 0.2) is 64.5 Å². The first-order valence-electron chi connectivity index (χ1n) is 7.09. The Bertz CT molecular complexity index is 881. The molecular weight excluding hydrogens is 318 g/mol. The summed E-state index contributed by atoms with van der Waals surface area (Å²) in [5.74, 6) is -2.64. The Morgan fingerprint density at radius 2 is 1.70 bits per heavy atom. The number of alkyl halides is 2. The van der Waals surface area contributed by atoms with Crippen molar-refractivity contribution in [2.24, 2.45) is 0 Å². The summed E-state index contributed by atoms with van der Waals surface area (Å²) < 4.78 is 27.2. The molecule has 0 spiro atoms. The number of nitrogens with zero attached hydrogens (tertiary/aromatic N) is 2. The third kappa shape index (κ3) is 3.12. The topological polar surface area (TPSA) is 34.9 Å². The van der Waals surface area contributed by atoms with Gasteiger partial charge in [-0.25, -0.2) is 4.98 Å². The molecule has 6 heteroatoms. The molecule has 0 aliphatic rings. The fourth-order valence-electron chi connectivity index (χ4n) is 2.51. The van der Waals surface area contributed by atoms with Crippen molar-refractivity contribution >= 4 is 22.7 Å². The maximum atomic E-state index is 12.9. The Kier molecular flexibility index (Phi) is 4.43. The molecule has 2 aromatic carbocycles. The standard InChI is InChI=1S/C17H14F2N2OS/c1-11(12-7-3-2-4-8-12)21-15(22)13-9-5-6-10-14(13)20-17(21)23-16(18)19/h2-11,16H,1H3/t11-/m0/s1. The van der Waals surface area contributed by atoms with Gasteiger partial charge in [0.2, 0.25) is 0 Å². The summed E-state index contributed by atoms with van der Waals surface area (Å²) in [6.07, 6.45) is 0. The molecule has 0 saturated carbocycles.